The maximum Gasteiger partial charge on any atom is 0.264 e. The summed E-state index contributed by atoms with van der Waals surface area (Å²) in [5.74, 6) is -0.631. The summed E-state index contributed by atoms with van der Waals surface area (Å²) in [4.78, 5) is 29.9. The van der Waals surface area contributed by atoms with Crippen molar-refractivity contribution >= 4 is 43.2 Å². The fourth-order valence-electron chi connectivity index (χ4n) is 6.42. The van der Waals surface area contributed by atoms with E-state index in [0.717, 1.165) is 17.8 Å². The summed E-state index contributed by atoms with van der Waals surface area (Å²) in [6.07, 6.45) is -0.287. The number of amides is 2. The number of hydrogen-bond donors (Lipinski definition) is 2. The normalized spacial score (nSPS) is 27.9. The highest BCUT2D eigenvalue weighted by Gasteiger charge is 2.66. The van der Waals surface area contributed by atoms with Crippen molar-refractivity contribution < 1.29 is 23.5 Å². The van der Waals surface area contributed by atoms with Gasteiger partial charge in [-0.3, -0.25) is 9.59 Å². The van der Waals surface area contributed by atoms with E-state index in [9.17, 15) is 14.7 Å². The standard InChI is InChI=1S/C27H33ClFN3O4Si/c1-17-25(37(2,3)29)23(10-13-33)36-27(17)21-14-19(28)6-9-22(21)32(26(27)35)16-18-4-7-20(8-5-18)31-12-11-30-15-24(31)34/h4-9,14,17,23,25,30,33H,10-13,15-16H2,1-3H3/t17-,23+,25-,27+/m0/s1. The van der Waals surface area contributed by atoms with Gasteiger partial charge >= 0.3 is 0 Å². The van der Waals surface area contributed by atoms with Gasteiger partial charge in [-0.05, 0) is 55.4 Å². The number of carbonyl (C=O) groups excluding carboxylic acids is 2. The van der Waals surface area contributed by atoms with Crippen molar-refractivity contribution in [3.8, 4) is 0 Å². The molecule has 10 heteroatoms. The van der Waals surface area contributed by atoms with Crippen LogP contribution in [0.15, 0.2) is 42.5 Å². The van der Waals surface area contributed by atoms with Gasteiger partial charge in [-0.2, -0.15) is 0 Å². The van der Waals surface area contributed by atoms with E-state index >= 15 is 4.11 Å². The van der Waals surface area contributed by atoms with Crippen LogP contribution >= 0.6 is 11.6 Å². The average Bonchev–Trinajstić information content (AvgIpc) is 3.27. The fourth-order valence-corrected chi connectivity index (χ4v) is 9.13. The second-order valence-corrected chi connectivity index (χ2v) is 15.0. The Kier molecular flexibility index (Phi) is 6.95. The summed E-state index contributed by atoms with van der Waals surface area (Å²) in [7, 11) is -3.25. The molecular weight excluding hydrogens is 513 g/mol. The second kappa shape index (κ2) is 9.78. The lowest BCUT2D eigenvalue weighted by atomic mass is 9.82. The first kappa shape index (κ1) is 26.3. The van der Waals surface area contributed by atoms with Crippen LogP contribution in [0, 0.1) is 5.92 Å². The van der Waals surface area contributed by atoms with Crippen LogP contribution in [0.1, 0.15) is 24.5 Å². The third kappa shape index (κ3) is 4.40. The van der Waals surface area contributed by atoms with Crippen molar-refractivity contribution in [2.75, 3.05) is 36.0 Å². The summed E-state index contributed by atoms with van der Waals surface area (Å²) in [6.45, 7) is 7.00. The molecule has 3 aliphatic heterocycles. The van der Waals surface area contributed by atoms with Crippen molar-refractivity contribution in [2.24, 2.45) is 5.92 Å². The number of fused-ring (bicyclic) bond motifs is 2. The highest BCUT2D eigenvalue weighted by Crippen LogP contribution is 2.60. The number of halogens is 2. The van der Waals surface area contributed by atoms with Crippen LogP contribution in [-0.2, 0) is 26.5 Å². The zero-order valence-electron chi connectivity index (χ0n) is 21.3. The molecule has 7 nitrogen and oxygen atoms in total. The molecule has 3 aliphatic rings. The molecule has 2 fully saturated rings. The van der Waals surface area contributed by atoms with Gasteiger partial charge in [0.05, 0.1) is 24.9 Å². The minimum absolute atomic E-state index is 0.0279. The van der Waals surface area contributed by atoms with Gasteiger partial charge < -0.3 is 29.1 Å². The number of anilines is 2. The molecule has 2 saturated heterocycles. The van der Waals surface area contributed by atoms with E-state index in [1.165, 1.54) is 0 Å². The van der Waals surface area contributed by atoms with Crippen molar-refractivity contribution in [3.63, 3.8) is 0 Å². The molecule has 0 unspecified atom stereocenters. The first-order valence-electron chi connectivity index (χ1n) is 12.8. The number of nitrogens with one attached hydrogen (secondary N) is 1. The van der Waals surface area contributed by atoms with Crippen LogP contribution in [-0.4, -0.2) is 57.7 Å². The number of piperazine rings is 1. The van der Waals surface area contributed by atoms with E-state index in [-0.39, 0.29) is 24.8 Å². The molecule has 5 rings (SSSR count). The predicted molar refractivity (Wildman–Crippen MR) is 144 cm³/mol. The number of nitrogens with zero attached hydrogens (tertiary/aromatic N) is 2. The number of aliphatic hydroxyl groups is 1. The lowest BCUT2D eigenvalue weighted by Crippen LogP contribution is -2.48. The summed E-state index contributed by atoms with van der Waals surface area (Å²) >= 11 is 6.39. The highest BCUT2D eigenvalue weighted by atomic mass is 35.5. The van der Waals surface area contributed by atoms with E-state index in [4.69, 9.17) is 16.3 Å². The van der Waals surface area contributed by atoms with Gasteiger partial charge in [0.25, 0.3) is 5.91 Å². The fraction of sp³-hybridized carbons (Fsp3) is 0.481. The van der Waals surface area contributed by atoms with E-state index in [1.54, 1.807) is 35.0 Å². The van der Waals surface area contributed by atoms with Gasteiger partial charge in [0.1, 0.15) is 0 Å². The van der Waals surface area contributed by atoms with E-state index < -0.39 is 31.6 Å². The number of carbonyl (C=O) groups is 2. The molecule has 0 aromatic heterocycles. The Morgan fingerprint density at radius 3 is 2.59 bits per heavy atom. The molecule has 2 aromatic rings. The lowest BCUT2D eigenvalue weighted by Gasteiger charge is -2.31. The molecule has 0 bridgehead atoms. The number of aliphatic hydroxyl groups excluding tert-OH is 1. The molecule has 2 amide bonds. The molecule has 3 heterocycles. The Morgan fingerprint density at radius 2 is 1.95 bits per heavy atom. The van der Waals surface area contributed by atoms with Crippen molar-refractivity contribution in [1.29, 1.82) is 0 Å². The second-order valence-electron chi connectivity index (χ2n) is 10.7. The molecule has 0 saturated carbocycles. The highest BCUT2D eigenvalue weighted by molar-refractivity contribution is 6.72. The minimum Gasteiger partial charge on any atom is -0.396 e. The van der Waals surface area contributed by atoms with E-state index in [0.29, 0.717) is 35.9 Å². The quantitative estimate of drug-likeness (QED) is 0.424. The van der Waals surface area contributed by atoms with Crippen LogP contribution in [0.3, 0.4) is 0 Å². The van der Waals surface area contributed by atoms with Gasteiger partial charge in [-0.15, -0.1) is 0 Å². The lowest BCUT2D eigenvalue weighted by molar-refractivity contribution is -0.146. The van der Waals surface area contributed by atoms with E-state index in [2.05, 4.69) is 5.32 Å². The summed E-state index contributed by atoms with van der Waals surface area (Å²) in [5.41, 5.74) is 1.27. The van der Waals surface area contributed by atoms with Crippen molar-refractivity contribution in [3.05, 3.63) is 58.6 Å². The zero-order chi connectivity index (χ0) is 26.5. The number of rotatable bonds is 6. The average molecular weight is 546 g/mol. The Hall–Kier alpha value is -2.30. The van der Waals surface area contributed by atoms with Gasteiger partial charge in [0.2, 0.25) is 14.3 Å². The summed E-state index contributed by atoms with van der Waals surface area (Å²) in [6, 6.07) is 13.0. The van der Waals surface area contributed by atoms with Gasteiger partial charge in [0, 0.05) is 47.4 Å². The third-order valence-electron chi connectivity index (χ3n) is 8.01. The Labute approximate surface area is 222 Å². The van der Waals surface area contributed by atoms with Gasteiger partial charge in [0.15, 0.2) is 5.60 Å². The van der Waals surface area contributed by atoms with E-state index in [1.807, 2.05) is 37.3 Å². The Balaban J connectivity index is 1.49. The first-order valence-corrected chi connectivity index (χ1v) is 16.1. The summed E-state index contributed by atoms with van der Waals surface area (Å²) < 4.78 is 22.1. The smallest absolute Gasteiger partial charge is 0.264 e. The molecule has 0 radical (unpaired) electrons. The molecule has 1 spiro atoms. The van der Waals surface area contributed by atoms with Crippen LogP contribution in [0.2, 0.25) is 23.7 Å². The SMILES string of the molecule is C[C@H]1[C@H]([Si](C)(C)F)[C@@H](CCO)O[C@]12C(=O)N(Cc1ccc(N3CCNCC3=O)cc1)c1ccc(Cl)cc12. The molecule has 2 N–H and O–H groups in total. The van der Waals surface area contributed by atoms with Gasteiger partial charge in [-0.25, -0.2) is 0 Å². The number of hydrogen-bond acceptors (Lipinski definition) is 5. The zero-order valence-corrected chi connectivity index (χ0v) is 23.1. The number of ether oxygens (including phenoxy) is 1. The van der Waals surface area contributed by atoms with Crippen molar-refractivity contribution in [1.82, 2.24) is 5.32 Å². The maximum absolute atomic E-state index is 15.6. The molecule has 2 aromatic carbocycles. The molecule has 0 aliphatic carbocycles. The monoisotopic (exact) mass is 545 g/mol. The topological polar surface area (TPSA) is 82.1 Å². The van der Waals surface area contributed by atoms with Crippen molar-refractivity contribution in [2.45, 2.75) is 50.2 Å². The minimum atomic E-state index is -3.25. The Bertz CT molecular complexity index is 1210. The first-order chi connectivity index (χ1) is 17.6. The maximum atomic E-state index is 15.6. The van der Waals surface area contributed by atoms with Crippen LogP contribution in [0.5, 0.6) is 0 Å². The third-order valence-corrected chi connectivity index (χ3v) is 10.7. The van der Waals surface area contributed by atoms with Crippen LogP contribution in [0.25, 0.3) is 0 Å². The molecule has 4 atom stereocenters. The largest absolute Gasteiger partial charge is 0.396 e. The number of benzene rings is 2. The molecule has 198 valence electrons. The van der Waals surface area contributed by atoms with Gasteiger partial charge in [-0.1, -0.05) is 30.7 Å². The van der Waals surface area contributed by atoms with Crippen LogP contribution in [0.4, 0.5) is 15.5 Å². The predicted octanol–water partition coefficient (Wildman–Crippen LogP) is 3.98. The summed E-state index contributed by atoms with van der Waals surface area (Å²) in [5, 5.41) is 13.2. The van der Waals surface area contributed by atoms with Crippen LogP contribution < -0.4 is 15.1 Å². The molecular formula is C27H33ClFN3O4Si. The Morgan fingerprint density at radius 1 is 1.22 bits per heavy atom. The molecule has 37 heavy (non-hydrogen) atoms.